The molecule has 0 bridgehead atoms. The smallest absolute Gasteiger partial charge is 0.351 e. The fourth-order valence-electron chi connectivity index (χ4n) is 5.77. The molecule has 1 aromatic carbocycles. The Morgan fingerprint density at radius 1 is 1.27 bits per heavy atom. The number of aromatic nitrogens is 3. The number of morpholine rings is 1. The second-order valence-electron chi connectivity index (χ2n) is 9.53. The molecule has 14 nitrogen and oxygen atoms in total. The average Bonchev–Trinajstić information content (AvgIpc) is 3.57. The third-order valence-electron chi connectivity index (χ3n) is 7.39. The van der Waals surface area contributed by atoms with Crippen LogP contribution in [0, 0.1) is 42.5 Å². The van der Waals surface area contributed by atoms with Gasteiger partial charge < -0.3 is 14.6 Å². The van der Waals surface area contributed by atoms with Crippen molar-refractivity contribution in [3.8, 4) is 37.1 Å². The molecule has 3 N–H and O–H groups in total. The maximum absolute atomic E-state index is 16.5. The number of rotatable bonds is 2. The van der Waals surface area contributed by atoms with Gasteiger partial charge in [-0.25, -0.2) is 13.9 Å². The van der Waals surface area contributed by atoms with Crippen molar-refractivity contribution in [3.05, 3.63) is 34.6 Å². The van der Waals surface area contributed by atoms with Crippen LogP contribution >= 0.6 is 0 Å². The summed E-state index contributed by atoms with van der Waals surface area (Å²) in [4.78, 5) is 55.9. The van der Waals surface area contributed by atoms with Gasteiger partial charge in [-0.05, 0) is 16.5 Å². The lowest BCUT2D eigenvalue weighted by Crippen LogP contribution is -2.81. The molecule has 2 fully saturated rings. The lowest BCUT2D eigenvalue weighted by Gasteiger charge is -2.53. The first-order valence-corrected chi connectivity index (χ1v) is 12.0. The number of nitrogens with one attached hydrogen (secondary N) is 3. The molecule has 2 aromatic heterocycles. The van der Waals surface area contributed by atoms with Gasteiger partial charge in [0.15, 0.2) is 11.6 Å². The fourth-order valence-corrected chi connectivity index (χ4v) is 5.77. The van der Waals surface area contributed by atoms with Gasteiger partial charge >= 0.3 is 11.7 Å². The van der Waals surface area contributed by atoms with Gasteiger partial charge in [0.2, 0.25) is 28.8 Å². The van der Waals surface area contributed by atoms with Gasteiger partial charge in [-0.15, -0.1) is 17.9 Å². The molecular weight excluding hydrogens is 539 g/mol. The molecule has 41 heavy (non-hydrogen) atoms. The zero-order valence-electron chi connectivity index (χ0n) is 21.1. The van der Waals surface area contributed by atoms with E-state index < -0.39 is 53.4 Å². The number of carbonyl (C=O) groups is 4. The molecule has 3 atom stereocenters. The SMILES string of the molecule is C#C[C@@H]1CN2c3c(cc4c(-n5ccc(NC(C)=O)n5)noc4c3F)CC3(C(=O)NC(=O)NC3=O)[C@@]2([N+]#C)[C@H](C#C)O1. The average molecular weight is 557 g/mol. The van der Waals surface area contributed by atoms with Crippen LogP contribution in [0.5, 0.6) is 0 Å². The van der Waals surface area contributed by atoms with Gasteiger partial charge in [-0.1, -0.05) is 17.0 Å². The first-order chi connectivity index (χ1) is 19.6. The van der Waals surface area contributed by atoms with Crippen LogP contribution in [0.3, 0.4) is 0 Å². The number of benzene rings is 1. The standard InChI is InChI=1S/C26H17FN8O6/c1-5-14-11-34-19-13(9-15-20(18(19)27)41-33-21(15)35-8-7-17(32-35)29-12(3)36)10-25(22(37)30-24(39)31-23(25)38)26(34,28-4)16(6-2)40-14/h1-2,4,7-9,14,16H,10-11H2,3H3,(H2-,29,30,31,32,36,37,38,39)/p+1/t14-,16+,26-/m1/s1. The number of imide groups is 2. The number of terminal acetylenes is 2. The molecule has 2 saturated heterocycles. The Kier molecular flexibility index (Phi) is 5.39. The van der Waals surface area contributed by atoms with E-state index in [1.807, 2.05) is 0 Å². The minimum atomic E-state index is -2.30. The summed E-state index contributed by atoms with van der Waals surface area (Å²) in [7, 11) is 0. The van der Waals surface area contributed by atoms with E-state index in [0.717, 1.165) is 0 Å². The quantitative estimate of drug-likeness (QED) is 0.301. The van der Waals surface area contributed by atoms with Gasteiger partial charge in [0.05, 0.1) is 17.6 Å². The summed E-state index contributed by atoms with van der Waals surface area (Å²) < 4.78 is 28.9. The largest absolute Gasteiger partial charge is 0.416 e. The molecule has 3 aliphatic rings. The van der Waals surface area contributed by atoms with Crippen LogP contribution in [0.1, 0.15) is 12.5 Å². The van der Waals surface area contributed by atoms with Crippen LogP contribution in [0.15, 0.2) is 22.9 Å². The van der Waals surface area contributed by atoms with E-state index in [4.69, 9.17) is 28.7 Å². The second kappa shape index (κ2) is 8.64. The molecule has 1 spiro atoms. The number of urea groups is 1. The number of ether oxygens (including phenoxy) is 1. The normalized spacial score (nSPS) is 24.4. The van der Waals surface area contributed by atoms with E-state index in [1.54, 1.807) is 0 Å². The molecule has 0 unspecified atom stereocenters. The minimum absolute atomic E-state index is 0.0467. The molecule has 15 heteroatoms. The maximum atomic E-state index is 16.5. The monoisotopic (exact) mass is 557 g/mol. The Morgan fingerprint density at radius 3 is 2.63 bits per heavy atom. The Labute approximate surface area is 229 Å². The molecule has 0 radical (unpaired) electrons. The summed E-state index contributed by atoms with van der Waals surface area (Å²) in [6, 6.07) is 1.88. The van der Waals surface area contributed by atoms with Gasteiger partial charge in [-0.2, -0.15) is 0 Å². The number of carbonyl (C=O) groups excluding carboxylic acids is 4. The highest BCUT2D eigenvalue weighted by Gasteiger charge is 2.81. The van der Waals surface area contributed by atoms with Crippen LogP contribution in [0.4, 0.5) is 20.7 Å². The molecule has 5 heterocycles. The van der Waals surface area contributed by atoms with Crippen molar-refractivity contribution >= 4 is 46.2 Å². The number of fused-ring (bicyclic) bond motifs is 5. The molecule has 0 saturated carbocycles. The summed E-state index contributed by atoms with van der Waals surface area (Å²) in [5, 5.41) is 14.9. The summed E-state index contributed by atoms with van der Waals surface area (Å²) >= 11 is 0. The van der Waals surface area contributed by atoms with Crippen LogP contribution in [0.25, 0.3) is 21.6 Å². The molecular formula is C26H18FN8O6+. The number of amides is 5. The molecule has 5 amide bonds. The van der Waals surface area contributed by atoms with Crippen LogP contribution < -0.4 is 20.9 Å². The Morgan fingerprint density at radius 2 is 2.00 bits per heavy atom. The zero-order valence-corrected chi connectivity index (χ0v) is 21.1. The van der Waals surface area contributed by atoms with Crippen molar-refractivity contribution in [1.29, 1.82) is 0 Å². The lowest BCUT2D eigenvalue weighted by atomic mass is 9.62. The fraction of sp³-hybridized carbons (Fsp3) is 0.269. The predicted octanol–water partition coefficient (Wildman–Crippen LogP) is 0.519. The van der Waals surface area contributed by atoms with Gasteiger partial charge in [0, 0.05) is 25.6 Å². The van der Waals surface area contributed by atoms with E-state index in [9.17, 15) is 19.2 Å². The van der Waals surface area contributed by atoms with Crippen molar-refractivity contribution in [2.45, 2.75) is 31.2 Å². The van der Waals surface area contributed by atoms with E-state index >= 15 is 4.39 Å². The van der Waals surface area contributed by atoms with Crippen LogP contribution in [-0.4, -0.2) is 63.1 Å². The van der Waals surface area contributed by atoms with Crippen LogP contribution in [0.2, 0.25) is 0 Å². The predicted molar refractivity (Wildman–Crippen MR) is 138 cm³/mol. The number of halogens is 1. The van der Waals surface area contributed by atoms with E-state index in [0.29, 0.717) is 0 Å². The number of hydrogen-bond acceptors (Lipinski definition) is 9. The van der Waals surface area contributed by atoms with Crippen molar-refractivity contribution in [2.24, 2.45) is 5.41 Å². The third kappa shape index (κ3) is 3.22. The zero-order chi connectivity index (χ0) is 29.3. The first-order valence-electron chi connectivity index (χ1n) is 12.0. The first kappa shape index (κ1) is 25.6. The lowest BCUT2D eigenvalue weighted by molar-refractivity contribution is -0.156. The molecule has 204 valence electrons. The van der Waals surface area contributed by atoms with Gasteiger partial charge in [0.1, 0.15) is 6.10 Å². The van der Waals surface area contributed by atoms with Gasteiger partial charge in [0.25, 0.3) is 18.4 Å². The summed E-state index contributed by atoms with van der Waals surface area (Å²) in [5.41, 5.74) is -4.86. The molecule has 0 aliphatic carbocycles. The topological polar surface area (TPSA) is 165 Å². The highest BCUT2D eigenvalue weighted by atomic mass is 19.1. The third-order valence-corrected chi connectivity index (χ3v) is 7.39. The van der Waals surface area contributed by atoms with Crippen molar-refractivity contribution in [3.63, 3.8) is 0 Å². The maximum Gasteiger partial charge on any atom is 0.416 e. The molecule has 3 aliphatic heterocycles. The summed E-state index contributed by atoms with van der Waals surface area (Å²) in [5.74, 6) is 1.54. The van der Waals surface area contributed by atoms with Crippen molar-refractivity contribution in [1.82, 2.24) is 25.6 Å². The van der Waals surface area contributed by atoms with Crippen molar-refractivity contribution < 1.29 is 32.8 Å². The van der Waals surface area contributed by atoms with Crippen LogP contribution in [-0.2, 0) is 25.5 Å². The van der Waals surface area contributed by atoms with E-state index in [-0.39, 0.29) is 46.3 Å². The number of hydrogen-bond donors (Lipinski definition) is 3. The van der Waals surface area contributed by atoms with E-state index in [1.165, 1.54) is 34.8 Å². The highest BCUT2D eigenvalue weighted by Crippen LogP contribution is 2.56. The van der Waals surface area contributed by atoms with Crippen molar-refractivity contribution in [2.75, 3.05) is 16.8 Å². The highest BCUT2D eigenvalue weighted by molar-refractivity contribution is 6.21. The number of barbiturate groups is 1. The van der Waals surface area contributed by atoms with E-state index in [2.05, 4.69) is 42.9 Å². The second-order valence-corrected chi connectivity index (χ2v) is 9.53. The summed E-state index contributed by atoms with van der Waals surface area (Å²) in [6.45, 7) is 6.93. The molecule has 6 rings (SSSR count). The Hall–Kier alpha value is -5.72. The number of anilines is 2. The Bertz CT molecular complexity index is 1820. The molecule has 3 aromatic rings. The summed E-state index contributed by atoms with van der Waals surface area (Å²) in [6.07, 6.45) is 9.79. The Balaban J connectivity index is 1.63. The number of nitrogens with zero attached hydrogens (tertiary/aromatic N) is 5. The van der Waals surface area contributed by atoms with Gasteiger partial charge in [-0.3, -0.25) is 29.9 Å². The minimum Gasteiger partial charge on any atom is -0.351 e.